The van der Waals surface area contributed by atoms with E-state index in [1.54, 1.807) is 6.20 Å². The molecule has 20 heavy (non-hydrogen) atoms. The first-order chi connectivity index (χ1) is 9.72. The van der Waals surface area contributed by atoms with E-state index in [0.29, 0.717) is 0 Å². The topological polar surface area (TPSA) is 38.9 Å². The van der Waals surface area contributed by atoms with Crippen LogP contribution >= 0.6 is 11.6 Å². The summed E-state index contributed by atoms with van der Waals surface area (Å²) in [5.41, 5.74) is 1.15. The number of anilines is 1. The van der Waals surface area contributed by atoms with Crippen molar-refractivity contribution in [3.05, 3.63) is 23.0 Å². The Morgan fingerprint density at radius 3 is 3.00 bits per heavy atom. The number of nitrogens with zero attached hydrogens (tertiary/aromatic N) is 5. The van der Waals surface area contributed by atoms with Crippen molar-refractivity contribution in [2.24, 2.45) is 0 Å². The smallest absolute Gasteiger partial charge is 0.196 e. The van der Waals surface area contributed by atoms with Crippen molar-refractivity contribution in [3.8, 4) is 5.82 Å². The van der Waals surface area contributed by atoms with Crippen LogP contribution in [0.2, 0.25) is 5.02 Å². The fourth-order valence-electron chi connectivity index (χ4n) is 2.77. The molecular formula is C14H20ClN5. The van der Waals surface area contributed by atoms with Gasteiger partial charge in [-0.3, -0.25) is 4.68 Å². The Bertz CT molecular complexity index is 601. The molecule has 2 aromatic heterocycles. The molecule has 0 aromatic carbocycles. The summed E-state index contributed by atoms with van der Waals surface area (Å²) in [4.78, 5) is 2.18. The maximum Gasteiger partial charge on any atom is 0.196 e. The third kappa shape index (κ3) is 2.20. The Kier molecular flexibility index (Phi) is 3.70. The summed E-state index contributed by atoms with van der Waals surface area (Å²) in [5, 5.41) is 9.81. The second-order valence-electron chi connectivity index (χ2n) is 5.29. The molecular weight excluding hydrogens is 274 g/mol. The quantitative estimate of drug-likeness (QED) is 0.870. The summed E-state index contributed by atoms with van der Waals surface area (Å²) in [6.07, 6.45) is 6.26. The fraction of sp³-hybridized carbons (Fsp3) is 0.571. The Morgan fingerprint density at radius 2 is 2.25 bits per heavy atom. The van der Waals surface area contributed by atoms with Gasteiger partial charge in [-0.1, -0.05) is 18.5 Å². The summed E-state index contributed by atoms with van der Waals surface area (Å²) in [7, 11) is 2.07. The van der Waals surface area contributed by atoms with Crippen molar-refractivity contribution in [2.75, 3.05) is 18.5 Å². The molecule has 3 heterocycles. The average molecular weight is 294 g/mol. The van der Waals surface area contributed by atoms with E-state index in [1.165, 1.54) is 12.8 Å². The molecule has 1 aliphatic heterocycles. The second-order valence-corrected chi connectivity index (χ2v) is 5.67. The molecule has 0 spiro atoms. The number of aryl methyl sites for hydroxylation is 1. The first kappa shape index (κ1) is 13.5. The van der Waals surface area contributed by atoms with Crippen LogP contribution < -0.4 is 4.90 Å². The summed E-state index contributed by atoms with van der Waals surface area (Å²) in [6.45, 7) is 4.10. The monoisotopic (exact) mass is 293 g/mol. The van der Waals surface area contributed by atoms with Gasteiger partial charge in [0.1, 0.15) is 10.8 Å². The Hall–Kier alpha value is -1.49. The summed E-state index contributed by atoms with van der Waals surface area (Å²) >= 11 is 6.52. The number of hydrogen-bond acceptors (Lipinski definition) is 3. The number of rotatable bonds is 4. The van der Waals surface area contributed by atoms with Gasteiger partial charge in [-0.2, -0.15) is 14.9 Å². The molecule has 0 bridgehead atoms. The fourth-order valence-corrected chi connectivity index (χ4v) is 3.08. The van der Waals surface area contributed by atoms with Crippen LogP contribution in [-0.4, -0.2) is 33.2 Å². The lowest BCUT2D eigenvalue weighted by Crippen LogP contribution is -2.21. The van der Waals surface area contributed by atoms with E-state index in [9.17, 15) is 0 Å². The van der Waals surface area contributed by atoms with Crippen molar-refractivity contribution in [3.63, 3.8) is 0 Å². The molecule has 0 amide bonds. The molecule has 6 heteroatoms. The van der Waals surface area contributed by atoms with Gasteiger partial charge in [0, 0.05) is 26.2 Å². The average Bonchev–Trinajstić information content (AvgIpc) is 3.04. The first-order valence-corrected chi connectivity index (χ1v) is 7.61. The van der Waals surface area contributed by atoms with Gasteiger partial charge in [-0.25, -0.2) is 0 Å². The zero-order valence-corrected chi connectivity index (χ0v) is 12.8. The summed E-state index contributed by atoms with van der Waals surface area (Å²) in [6, 6.07) is 2.00. The van der Waals surface area contributed by atoms with Crippen LogP contribution in [0.1, 0.15) is 31.9 Å². The van der Waals surface area contributed by atoms with Crippen LogP contribution in [0.5, 0.6) is 0 Å². The first-order valence-electron chi connectivity index (χ1n) is 7.23. The van der Waals surface area contributed by atoms with Crippen molar-refractivity contribution in [2.45, 2.75) is 39.2 Å². The largest absolute Gasteiger partial charge is 0.360 e. The molecule has 1 aliphatic rings. The van der Waals surface area contributed by atoms with E-state index in [-0.39, 0.29) is 0 Å². The highest BCUT2D eigenvalue weighted by Crippen LogP contribution is 2.30. The van der Waals surface area contributed by atoms with E-state index in [2.05, 4.69) is 29.1 Å². The molecule has 0 fully saturated rings. The highest BCUT2D eigenvalue weighted by atomic mass is 35.5. The van der Waals surface area contributed by atoms with Crippen molar-refractivity contribution < 1.29 is 0 Å². The van der Waals surface area contributed by atoms with Crippen LogP contribution in [0.4, 0.5) is 5.82 Å². The van der Waals surface area contributed by atoms with Crippen molar-refractivity contribution in [1.29, 1.82) is 0 Å². The van der Waals surface area contributed by atoms with Crippen LogP contribution in [0.3, 0.4) is 0 Å². The van der Waals surface area contributed by atoms with Crippen LogP contribution in [0, 0.1) is 0 Å². The van der Waals surface area contributed by atoms with Crippen LogP contribution in [0.25, 0.3) is 5.82 Å². The molecule has 0 unspecified atom stereocenters. The summed E-state index contributed by atoms with van der Waals surface area (Å²) in [5.74, 6) is 1.79. The third-order valence-electron chi connectivity index (χ3n) is 3.78. The number of aromatic nitrogens is 4. The normalized spacial score (nSPS) is 14.3. The zero-order chi connectivity index (χ0) is 14.1. The predicted octanol–water partition coefficient (Wildman–Crippen LogP) is 2.90. The zero-order valence-electron chi connectivity index (χ0n) is 12.0. The van der Waals surface area contributed by atoms with E-state index >= 15 is 0 Å². The molecule has 0 atom stereocenters. The Labute approximate surface area is 124 Å². The Morgan fingerprint density at radius 1 is 1.40 bits per heavy atom. The second kappa shape index (κ2) is 5.48. The van der Waals surface area contributed by atoms with Gasteiger partial charge >= 0.3 is 0 Å². The maximum absolute atomic E-state index is 6.52. The lowest BCUT2D eigenvalue weighted by Gasteiger charge is -2.18. The molecule has 2 aromatic rings. The van der Waals surface area contributed by atoms with Gasteiger partial charge in [0.05, 0.1) is 11.9 Å². The predicted molar refractivity (Wildman–Crippen MR) is 80.9 cm³/mol. The third-order valence-corrected chi connectivity index (χ3v) is 4.17. The SMILES string of the molecule is CCCN(C)c1ccnn1-c1nn2c(c1Cl)CCCC2. The highest BCUT2D eigenvalue weighted by molar-refractivity contribution is 6.32. The molecule has 0 saturated heterocycles. The van der Waals surface area contributed by atoms with Crippen LogP contribution in [0.15, 0.2) is 12.3 Å². The molecule has 3 rings (SSSR count). The van der Waals surface area contributed by atoms with E-state index in [0.717, 1.165) is 48.3 Å². The minimum atomic E-state index is 0.750. The Balaban J connectivity index is 2.02. The number of halogens is 1. The molecule has 108 valence electrons. The van der Waals surface area contributed by atoms with E-state index < -0.39 is 0 Å². The lowest BCUT2D eigenvalue weighted by molar-refractivity contribution is 0.484. The number of fused-ring (bicyclic) bond motifs is 1. The molecule has 0 radical (unpaired) electrons. The standard InChI is InChI=1S/C14H20ClN5/c1-3-9-18(2)12-7-8-16-20(12)14-13(15)11-6-4-5-10-19(11)17-14/h7-8H,3-6,9-10H2,1-2H3. The lowest BCUT2D eigenvalue weighted by atomic mass is 10.1. The molecule has 5 nitrogen and oxygen atoms in total. The maximum atomic E-state index is 6.52. The van der Waals surface area contributed by atoms with E-state index in [1.807, 2.05) is 15.4 Å². The van der Waals surface area contributed by atoms with Gasteiger partial charge < -0.3 is 4.90 Å². The van der Waals surface area contributed by atoms with Gasteiger partial charge in [-0.05, 0) is 25.7 Å². The van der Waals surface area contributed by atoms with Gasteiger partial charge in [0.15, 0.2) is 5.82 Å². The molecule has 0 saturated carbocycles. The highest BCUT2D eigenvalue weighted by Gasteiger charge is 2.22. The van der Waals surface area contributed by atoms with Gasteiger partial charge in [-0.15, -0.1) is 0 Å². The minimum Gasteiger partial charge on any atom is -0.360 e. The van der Waals surface area contributed by atoms with Crippen molar-refractivity contribution in [1.82, 2.24) is 19.6 Å². The van der Waals surface area contributed by atoms with Crippen LogP contribution in [-0.2, 0) is 13.0 Å². The van der Waals surface area contributed by atoms with Gasteiger partial charge in [0.2, 0.25) is 0 Å². The summed E-state index contributed by atoms with van der Waals surface area (Å²) < 4.78 is 3.88. The molecule has 0 N–H and O–H groups in total. The van der Waals surface area contributed by atoms with Crippen molar-refractivity contribution >= 4 is 17.4 Å². The van der Waals surface area contributed by atoms with Gasteiger partial charge in [0.25, 0.3) is 0 Å². The molecule has 0 aliphatic carbocycles. The van der Waals surface area contributed by atoms with E-state index in [4.69, 9.17) is 11.6 Å². The number of hydrogen-bond donors (Lipinski definition) is 0. The minimum absolute atomic E-state index is 0.750.